The summed E-state index contributed by atoms with van der Waals surface area (Å²) in [4.78, 5) is 23.1. The summed E-state index contributed by atoms with van der Waals surface area (Å²) in [6.45, 7) is 0. The molecule has 1 aromatic rings. The lowest BCUT2D eigenvalue weighted by Crippen LogP contribution is -1.91. The molecular formula is C7H4O2S2. The van der Waals surface area contributed by atoms with Crippen LogP contribution in [0.5, 0.6) is 0 Å². The topological polar surface area (TPSA) is 34.1 Å². The van der Waals surface area contributed by atoms with Gasteiger partial charge in [0.15, 0.2) is 12.1 Å². The fourth-order valence-electron chi connectivity index (χ4n) is 1.00. The van der Waals surface area contributed by atoms with Crippen LogP contribution < -0.4 is 0 Å². The van der Waals surface area contributed by atoms with E-state index in [-0.39, 0.29) is 5.78 Å². The van der Waals surface area contributed by atoms with Crippen molar-refractivity contribution in [1.29, 1.82) is 0 Å². The van der Waals surface area contributed by atoms with Crippen LogP contribution in [0.4, 0.5) is 0 Å². The number of hydrogen-bond acceptors (Lipinski definition) is 4. The van der Waals surface area contributed by atoms with Gasteiger partial charge in [0.2, 0.25) is 0 Å². The van der Waals surface area contributed by atoms with Gasteiger partial charge in [0.05, 0.1) is 10.6 Å². The van der Waals surface area contributed by atoms with Crippen LogP contribution in [0.3, 0.4) is 0 Å². The van der Waals surface area contributed by atoms with Gasteiger partial charge in [0.1, 0.15) is 0 Å². The smallest absolute Gasteiger partial charge is 0.175 e. The lowest BCUT2D eigenvalue weighted by Gasteiger charge is -1.85. The van der Waals surface area contributed by atoms with Crippen molar-refractivity contribution in [3.05, 3.63) is 15.8 Å². The van der Waals surface area contributed by atoms with Crippen molar-refractivity contribution in [1.82, 2.24) is 0 Å². The standard InChI is InChI=1S/C7H4O2S2/c8-1-6-7-4(2-10-6)5(9)3-11-7/h1-2H,3H2. The van der Waals surface area contributed by atoms with Crippen LogP contribution in [0, 0.1) is 0 Å². The summed E-state index contributed by atoms with van der Waals surface area (Å²) in [6, 6.07) is 0. The minimum atomic E-state index is 0.148. The minimum Gasteiger partial charge on any atom is -0.297 e. The average molecular weight is 184 g/mol. The van der Waals surface area contributed by atoms with Gasteiger partial charge in [-0.3, -0.25) is 9.59 Å². The number of carbonyl (C=O) groups is 2. The molecule has 1 aliphatic rings. The molecule has 11 heavy (non-hydrogen) atoms. The fourth-order valence-corrected chi connectivity index (χ4v) is 3.11. The highest BCUT2D eigenvalue weighted by Gasteiger charge is 2.24. The molecule has 0 amide bonds. The molecule has 2 rings (SSSR count). The Morgan fingerprint density at radius 2 is 2.36 bits per heavy atom. The summed E-state index contributed by atoms with van der Waals surface area (Å²) in [7, 11) is 0. The quantitative estimate of drug-likeness (QED) is 0.625. The number of Topliss-reactive ketones (excluding diaryl/α,β-unsaturated/α-hetero) is 1. The number of thioether (sulfide) groups is 1. The number of ketones is 1. The molecule has 56 valence electrons. The summed E-state index contributed by atoms with van der Waals surface area (Å²) in [6.07, 6.45) is 0.815. The Bertz CT molecular complexity index is 327. The predicted molar refractivity (Wildman–Crippen MR) is 44.8 cm³/mol. The number of fused-ring (bicyclic) bond motifs is 1. The molecule has 2 heterocycles. The zero-order valence-electron chi connectivity index (χ0n) is 5.49. The molecule has 1 aliphatic heterocycles. The van der Waals surface area contributed by atoms with Gasteiger partial charge in [-0.05, 0) is 0 Å². The molecule has 0 saturated carbocycles. The fraction of sp³-hybridized carbons (Fsp3) is 0.143. The first-order valence-electron chi connectivity index (χ1n) is 3.05. The van der Waals surface area contributed by atoms with Crippen LogP contribution in [-0.4, -0.2) is 17.8 Å². The van der Waals surface area contributed by atoms with Crippen LogP contribution >= 0.6 is 23.1 Å². The third-order valence-corrected chi connectivity index (χ3v) is 3.70. The van der Waals surface area contributed by atoms with Crippen LogP contribution in [0.2, 0.25) is 0 Å². The number of carbonyl (C=O) groups excluding carboxylic acids is 2. The minimum absolute atomic E-state index is 0.148. The summed E-state index contributed by atoms with van der Waals surface area (Å²) in [5.41, 5.74) is 0.738. The van der Waals surface area contributed by atoms with Crippen LogP contribution in [0.1, 0.15) is 20.0 Å². The van der Waals surface area contributed by atoms with Crippen LogP contribution in [0.25, 0.3) is 0 Å². The third kappa shape index (κ3) is 0.937. The van der Waals surface area contributed by atoms with Crippen molar-refractivity contribution in [3.8, 4) is 0 Å². The Hall–Kier alpha value is -0.610. The van der Waals surface area contributed by atoms with E-state index in [0.29, 0.717) is 10.6 Å². The van der Waals surface area contributed by atoms with Crippen LogP contribution in [-0.2, 0) is 0 Å². The lowest BCUT2D eigenvalue weighted by molar-refractivity contribution is 0.102. The molecule has 4 heteroatoms. The second-order valence-corrected chi connectivity index (χ2v) is 4.07. The van der Waals surface area contributed by atoms with E-state index in [2.05, 4.69) is 0 Å². The van der Waals surface area contributed by atoms with E-state index >= 15 is 0 Å². The second kappa shape index (κ2) is 2.46. The van der Waals surface area contributed by atoms with Gasteiger partial charge in [-0.1, -0.05) is 0 Å². The molecule has 1 aromatic heterocycles. The van der Waals surface area contributed by atoms with Crippen molar-refractivity contribution in [3.63, 3.8) is 0 Å². The first-order valence-corrected chi connectivity index (χ1v) is 4.92. The van der Waals surface area contributed by atoms with Gasteiger partial charge in [-0.25, -0.2) is 0 Å². The Balaban J connectivity index is 2.60. The molecule has 0 saturated heterocycles. The van der Waals surface area contributed by atoms with Crippen molar-refractivity contribution in [2.24, 2.45) is 0 Å². The lowest BCUT2D eigenvalue weighted by atomic mass is 10.2. The Morgan fingerprint density at radius 1 is 1.55 bits per heavy atom. The monoisotopic (exact) mass is 184 g/mol. The zero-order valence-corrected chi connectivity index (χ0v) is 7.13. The van der Waals surface area contributed by atoms with Crippen molar-refractivity contribution in [2.45, 2.75) is 4.90 Å². The van der Waals surface area contributed by atoms with Gasteiger partial charge in [0, 0.05) is 15.8 Å². The summed E-state index contributed by atoms with van der Waals surface area (Å²) in [5, 5.41) is 1.77. The predicted octanol–water partition coefficient (Wildman–Crippen LogP) is 1.85. The Morgan fingerprint density at radius 3 is 3.09 bits per heavy atom. The van der Waals surface area contributed by atoms with Gasteiger partial charge in [-0.15, -0.1) is 23.1 Å². The second-order valence-electron chi connectivity index (χ2n) is 2.17. The Kier molecular flexibility index (Phi) is 1.58. The van der Waals surface area contributed by atoms with E-state index in [1.165, 1.54) is 23.1 Å². The molecule has 2 nitrogen and oxygen atoms in total. The molecule has 0 fully saturated rings. The Labute approximate surface area is 71.6 Å². The van der Waals surface area contributed by atoms with E-state index in [1.54, 1.807) is 5.38 Å². The SMILES string of the molecule is O=Cc1scc2c1SCC2=O. The maximum atomic E-state index is 11.1. The number of hydrogen-bond donors (Lipinski definition) is 0. The summed E-state index contributed by atoms with van der Waals surface area (Å²) < 4.78 is 0. The van der Waals surface area contributed by atoms with E-state index < -0.39 is 0 Å². The number of rotatable bonds is 1. The van der Waals surface area contributed by atoms with E-state index in [0.717, 1.165) is 16.7 Å². The molecular weight excluding hydrogens is 180 g/mol. The van der Waals surface area contributed by atoms with Crippen LogP contribution in [0.15, 0.2) is 10.3 Å². The normalized spacial score (nSPS) is 15.1. The maximum absolute atomic E-state index is 11.1. The highest BCUT2D eigenvalue weighted by atomic mass is 32.2. The first kappa shape index (κ1) is 7.06. The van der Waals surface area contributed by atoms with Gasteiger partial charge in [-0.2, -0.15) is 0 Å². The van der Waals surface area contributed by atoms with E-state index in [9.17, 15) is 9.59 Å². The number of thiophene rings is 1. The van der Waals surface area contributed by atoms with Crippen molar-refractivity contribution >= 4 is 35.2 Å². The van der Waals surface area contributed by atoms with E-state index in [4.69, 9.17) is 0 Å². The van der Waals surface area contributed by atoms with Gasteiger partial charge < -0.3 is 0 Å². The highest BCUT2D eigenvalue weighted by molar-refractivity contribution is 8.00. The molecule has 0 aromatic carbocycles. The summed E-state index contributed by atoms with van der Waals surface area (Å²) >= 11 is 2.81. The zero-order chi connectivity index (χ0) is 7.84. The van der Waals surface area contributed by atoms with Crippen molar-refractivity contribution in [2.75, 3.05) is 5.75 Å². The van der Waals surface area contributed by atoms with E-state index in [1.807, 2.05) is 0 Å². The maximum Gasteiger partial charge on any atom is 0.175 e. The molecule has 0 N–H and O–H groups in total. The molecule has 0 aliphatic carbocycles. The van der Waals surface area contributed by atoms with Gasteiger partial charge >= 0.3 is 0 Å². The van der Waals surface area contributed by atoms with Gasteiger partial charge in [0.25, 0.3) is 0 Å². The molecule has 0 radical (unpaired) electrons. The average Bonchev–Trinajstić information content (AvgIpc) is 2.53. The number of aldehydes is 1. The first-order chi connectivity index (χ1) is 5.33. The third-order valence-electron chi connectivity index (χ3n) is 1.53. The molecule has 0 spiro atoms. The molecule has 0 atom stereocenters. The largest absolute Gasteiger partial charge is 0.297 e. The highest BCUT2D eigenvalue weighted by Crippen LogP contribution is 2.37. The molecule has 0 bridgehead atoms. The molecule has 0 unspecified atom stereocenters. The van der Waals surface area contributed by atoms with Crippen molar-refractivity contribution < 1.29 is 9.59 Å². The summed E-state index contributed by atoms with van der Waals surface area (Å²) in [5.74, 6) is 0.647.